The van der Waals surface area contributed by atoms with Crippen molar-refractivity contribution in [1.82, 2.24) is 20.2 Å². The van der Waals surface area contributed by atoms with Crippen molar-refractivity contribution in [2.75, 3.05) is 6.54 Å². The monoisotopic (exact) mass is 391 g/mol. The van der Waals surface area contributed by atoms with E-state index in [0.29, 0.717) is 18.8 Å². The molecule has 1 aromatic carbocycles. The Morgan fingerprint density at radius 1 is 1.28 bits per heavy atom. The molecular weight excluding hydrogens is 370 g/mol. The van der Waals surface area contributed by atoms with E-state index in [1.54, 1.807) is 18.6 Å². The van der Waals surface area contributed by atoms with Crippen molar-refractivity contribution >= 4 is 12.2 Å². The van der Waals surface area contributed by atoms with Crippen LogP contribution in [0.4, 0.5) is 0 Å². The minimum Gasteiger partial charge on any atom is -0.487 e. The number of pyridine rings is 1. The molecule has 8 nitrogen and oxygen atoms in total. The number of hydrazone groups is 1. The van der Waals surface area contributed by atoms with E-state index in [1.165, 1.54) is 11.2 Å². The number of hydrogen-bond donors (Lipinski definition) is 2. The molecule has 3 aromatic rings. The lowest BCUT2D eigenvalue weighted by molar-refractivity contribution is -0.137. The number of nitrogens with one attached hydrogen (secondary N) is 1. The Bertz CT molecular complexity index is 968. The summed E-state index contributed by atoms with van der Waals surface area (Å²) < 4.78 is 5.81. The summed E-state index contributed by atoms with van der Waals surface area (Å²) in [6.07, 6.45) is 6.96. The Hall–Kier alpha value is -3.94. The zero-order chi connectivity index (χ0) is 20.5. The summed E-state index contributed by atoms with van der Waals surface area (Å²) in [6, 6.07) is 13.5. The molecule has 0 saturated carbocycles. The average Bonchev–Trinajstić information content (AvgIpc) is 3.27. The molecule has 0 aliphatic heterocycles. The molecule has 0 aliphatic carbocycles. The van der Waals surface area contributed by atoms with Crippen LogP contribution in [0.3, 0.4) is 0 Å². The number of aromatic amines is 1. The third kappa shape index (κ3) is 6.03. The van der Waals surface area contributed by atoms with Gasteiger partial charge in [-0.25, -0.2) is 0 Å². The molecule has 0 aliphatic rings. The van der Waals surface area contributed by atoms with Crippen LogP contribution in [0.5, 0.6) is 5.75 Å². The Morgan fingerprint density at radius 2 is 2.14 bits per heavy atom. The second-order valence-electron chi connectivity index (χ2n) is 6.13. The molecule has 3 rings (SSSR count). The summed E-state index contributed by atoms with van der Waals surface area (Å²) in [5, 5.41) is 21.0. The lowest BCUT2D eigenvalue weighted by atomic mass is 10.1. The molecule has 0 unspecified atom stereocenters. The topological polar surface area (TPSA) is 104 Å². The molecule has 29 heavy (non-hydrogen) atoms. The van der Waals surface area contributed by atoms with Crippen LogP contribution in [0.25, 0.3) is 11.4 Å². The molecule has 2 N–H and O–H groups in total. The Morgan fingerprint density at radius 3 is 2.83 bits per heavy atom. The molecular formula is C21H21N5O3. The molecule has 0 fully saturated rings. The van der Waals surface area contributed by atoms with Gasteiger partial charge in [-0.2, -0.15) is 10.2 Å². The van der Waals surface area contributed by atoms with Crippen LogP contribution in [0.2, 0.25) is 0 Å². The SMILES string of the molecule is C=CN(CC(=O)O)/N=C\Cc1cccc(COc2ccc(-c3ccn[nH]3)nc2)c1. The van der Waals surface area contributed by atoms with Crippen LogP contribution in [-0.4, -0.2) is 44.0 Å². The smallest absolute Gasteiger partial charge is 0.325 e. The van der Waals surface area contributed by atoms with Crippen molar-refractivity contribution in [3.8, 4) is 17.1 Å². The zero-order valence-electron chi connectivity index (χ0n) is 15.7. The van der Waals surface area contributed by atoms with Gasteiger partial charge in [-0.15, -0.1) is 0 Å². The second-order valence-corrected chi connectivity index (χ2v) is 6.13. The highest BCUT2D eigenvalue weighted by atomic mass is 16.5. The van der Waals surface area contributed by atoms with E-state index in [4.69, 9.17) is 9.84 Å². The van der Waals surface area contributed by atoms with Crippen molar-refractivity contribution in [3.05, 3.63) is 78.8 Å². The maximum atomic E-state index is 10.7. The third-order valence-corrected chi connectivity index (χ3v) is 3.97. The minimum absolute atomic E-state index is 0.221. The fourth-order valence-corrected chi connectivity index (χ4v) is 2.58. The number of carboxylic acids is 1. The quantitative estimate of drug-likeness (QED) is 0.407. The van der Waals surface area contributed by atoms with Crippen molar-refractivity contribution in [2.24, 2.45) is 5.10 Å². The number of benzene rings is 1. The third-order valence-electron chi connectivity index (χ3n) is 3.97. The fourth-order valence-electron chi connectivity index (χ4n) is 2.58. The number of hydrogen-bond acceptors (Lipinski definition) is 6. The lowest BCUT2D eigenvalue weighted by Gasteiger charge is -2.10. The van der Waals surface area contributed by atoms with E-state index in [9.17, 15) is 4.79 Å². The van der Waals surface area contributed by atoms with E-state index >= 15 is 0 Å². The van der Waals surface area contributed by atoms with E-state index in [-0.39, 0.29) is 6.54 Å². The first-order chi connectivity index (χ1) is 14.1. The van der Waals surface area contributed by atoms with Crippen LogP contribution >= 0.6 is 0 Å². The van der Waals surface area contributed by atoms with Gasteiger partial charge < -0.3 is 9.84 Å². The summed E-state index contributed by atoms with van der Waals surface area (Å²) >= 11 is 0. The molecule has 0 radical (unpaired) electrons. The first-order valence-electron chi connectivity index (χ1n) is 8.94. The van der Waals surface area contributed by atoms with Crippen molar-refractivity contribution in [2.45, 2.75) is 13.0 Å². The highest BCUT2D eigenvalue weighted by molar-refractivity contribution is 5.69. The van der Waals surface area contributed by atoms with Gasteiger partial charge in [0.05, 0.1) is 17.6 Å². The van der Waals surface area contributed by atoms with Gasteiger partial charge in [-0.05, 0) is 29.3 Å². The van der Waals surface area contributed by atoms with Crippen LogP contribution in [0, 0.1) is 0 Å². The number of nitrogens with zero attached hydrogens (tertiary/aromatic N) is 4. The molecule has 8 heteroatoms. The second kappa shape index (κ2) is 9.84. The zero-order valence-corrected chi connectivity index (χ0v) is 15.7. The average molecular weight is 391 g/mol. The predicted octanol–water partition coefficient (Wildman–Crippen LogP) is 3.11. The van der Waals surface area contributed by atoms with Crippen LogP contribution in [0.1, 0.15) is 11.1 Å². The van der Waals surface area contributed by atoms with E-state index < -0.39 is 5.97 Å². The number of ether oxygens (including phenoxy) is 1. The molecule has 0 bridgehead atoms. The standard InChI is InChI=1S/C21H21N5O3/c1-2-26(14-21(27)28)24-11-8-16-4-3-5-17(12-16)15-29-18-6-7-19(22-13-18)20-9-10-23-25-20/h2-7,9-13H,1,8,14-15H2,(H,23,25)(H,27,28)/b24-11-. The van der Waals surface area contributed by atoms with Crippen LogP contribution in [0.15, 0.2) is 72.7 Å². The van der Waals surface area contributed by atoms with Gasteiger partial charge in [-0.1, -0.05) is 30.8 Å². The van der Waals surface area contributed by atoms with E-state index in [2.05, 4.69) is 26.9 Å². The number of H-pyrrole nitrogens is 1. The van der Waals surface area contributed by atoms with Crippen LogP contribution in [-0.2, 0) is 17.8 Å². The summed E-state index contributed by atoms with van der Waals surface area (Å²) in [6.45, 7) is 3.74. The molecule has 0 saturated heterocycles. The van der Waals surface area contributed by atoms with Crippen LogP contribution < -0.4 is 4.74 Å². The molecule has 2 heterocycles. The predicted molar refractivity (Wildman–Crippen MR) is 109 cm³/mol. The number of carboxylic acid groups (broad SMARTS) is 1. The van der Waals surface area contributed by atoms with Gasteiger partial charge in [-0.3, -0.25) is 19.9 Å². The van der Waals surface area contributed by atoms with Crippen molar-refractivity contribution in [3.63, 3.8) is 0 Å². The summed E-state index contributed by atoms with van der Waals surface area (Å²) in [5.74, 6) is -0.288. The number of rotatable bonds is 10. The number of aliphatic carboxylic acids is 1. The maximum absolute atomic E-state index is 10.7. The summed E-state index contributed by atoms with van der Waals surface area (Å²) in [7, 11) is 0. The fraction of sp³-hybridized carbons (Fsp3) is 0.143. The maximum Gasteiger partial charge on any atom is 0.325 e. The Kier molecular flexibility index (Phi) is 6.72. The van der Waals surface area contributed by atoms with E-state index in [0.717, 1.165) is 22.5 Å². The molecule has 2 aromatic heterocycles. The highest BCUT2D eigenvalue weighted by Gasteiger charge is 2.03. The van der Waals surface area contributed by atoms with Gasteiger partial charge in [0.2, 0.25) is 0 Å². The van der Waals surface area contributed by atoms with Gasteiger partial charge in [0.1, 0.15) is 18.9 Å². The summed E-state index contributed by atoms with van der Waals surface area (Å²) in [4.78, 5) is 15.1. The molecule has 148 valence electrons. The summed E-state index contributed by atoms with van der Waals surface area (Å²) in [5.41, 5.74) is 3.71. The molecule has 0 amide bonds. The lowest BCUT2D eigenvalue weighted by Crippen LogP contribution is -2.19. The Labute approximate surface area is 168 Å². The number of aromatic nitrogens is 3. The van der Waals surface area contributed by atoms with Crippen molar-refractivity contribution in [1.29, 1.82) is 0 Å². The normalized spacial score (nSPS) is 10.8. The first-order valence-corrected chi connectivity index (χ1v) is 8.94. The van der Waals surface area contributed by atoms with E-state index in [1.807, 2.05) is 42.5 Å². The molecule has 0 atom stereocenters. The van der Waals surface area contributed by atoms with Gasteiger partial charge >= 0.3 is 5.97 Å². The van der Waals surface area contributed by atoms with Gasteiger partial charge in [0.15, 0.2) is 0 Å². The van der Waals surface area contributed by atoms with Gasteiger partial charge in [0.25, 0.3) is 0 Å². The van der Waals surface area contributed by atoms with Gasteiger partial charge in [0, 0.05) is 25.0 Å². The Balaban J connectivity index is 1.54. The number of carbonyl (C=O) groups is 1. The largest absolute Gasteiger partial charge is 0.487 e. The highest BCUT2D eigenvalue weighted by Crippen LogP contribution is 2.18. The minimum atomic E-state index is -0.965. The van der Waals surface area contributed by atoms with Crippen molar-refractivity contribution < 1.29 is 14.6 Å². The molecule has 0 spiro atoms. The first kappa shape index (κ1) is 19.8.